The molecule has 0 saturated carbocycles. The summed E-state index contributed by atoms with van der Waals surface area (Å²) in [4.78, 5) is 23.7. The van der Waals surface area contributed by atoms with E-state index in [1.807, 2.05) is 13.8 Å². The summed E-state index contributed by atoms with van der Waals surface area (Å²) in [7, 11) is 0. The minimum atomic E-state index is -0.659. The van der Waals surface area contributed by atoms with Crippen LogP contribution in [0.4, 0.5) is 5.69 Å². The van der Waals surface area contributed by atoms with Crippen molar-refractivity contribution in [3.63, 3.8) is 0 Å². The highest BCUT2D eigenvalue weighted by Crippen LogP contribution is 2.33. The third kappa shape index (κ3) is 2.91. The Morgan fingerprint density at radius 1 is 1.33 bits per heavy atom. The Morgan fingerprint density at radius 2 is 1.89 bits per heavy atom. The molecule has 0 atom stereocenters. The first-order chi connectivity index (χ1) is 8.42. The van der Waals surface area contributed by atoms with Crippen molar-refractivity contribution < 1.29 is 9.72 Å². The fourth-order valence-corrected chi connectivity index (χ4v) is 1.92. The number of carbonyl (C=O) groups excluding carboxylic acids is 1. The second-order valence-corrected chi connectivity index (χ2v) is 4.31. The lowest BCUT2D eigenvalue weighted by molar-refractivity contribution is -0.384. The van der Waals surface area contributed by atoms with Crippen LogP contribution < -0.4 is 0 Å². The van der Waals surface area contributed by atoms with E-state index in [0.717, 1.165) is 6.07 Å². The van der Waals surface area contributed by atoms with Gasteiger partial charge in [0.2, 0.25) is 0 Å². The zero-order valence-electron chi connectivity index (χ0n) is 9.94. The molecule has 0 spiro atoms. The Hall–Kier alpha value is -1.33. The van der Waals surface area contributed by atoms with Gasteiger partial charge in [0.15, 0.2) is 0 Å². The molecular weight excluding hydrogens is 279 g/mol. The van der Waals surface area contributed by atoms with E-state index in [1.54, 1.807) is 4.90 Å². The van der Waals surface area contributed by atoms with Gasteiger partial charge in [0.25, 0.3) is 11.6 Å². The maximum atomic E-state index is 12.0. The summed E-state index contributed by atoms with van der Waals surface area (Å²) in [5.41, 5.74) is -0.195. The maximum Gasteiger partial charge on any atom is 0.290 e. The molecule has 0 radical (unpaired) electrons. The monoisotopic (exact) mass is 290 g/mol. The van der Waals surface area contributed by atoms with Crippen LogP contribution in [-0.2, 0) is 0 Å². The van der Waals surface area contributed by atoms with Crippen molar-refractivity contribution in [2.24, 2.45) is 0 Å². The van der Waals surface area contributed by atoms with Gasteiger partial charge in [-0.1, -0.05) is 23.2 Å². The van der Waals surface area contributed by atoms with Crippen molar-refractivity contribution in [2.45, 2.75) is 13.8 Å². The lowest BCUT2D eigenvalue weighted by Gasteiger charge is -2.18. The number of halogens is 2. The molecule has 18 heavy (non-hydrogen) atoms. The number of hydrogen-bond donors (Lipinski definition) is 0. The van der Waals surface area contributed by atoms with Crippen LogP contribution in [0.5, 0.6) is 0 Å². The van der Waals surface area contributed by atoms with Crippen molar-refractivity contribution in [2.75, 3.05) is 13.1 Å². The van der Waals surface area contributed by atoms with Gasteiger partial charge in [-0.2, -0.15) is 0 Å². The topological polar surface area (TPSA) is 63.5 Å². The number of carbonyl (C=O) groups is 1. The van der Waals surface area contributed by atoms with Gasteiger partial charge < -0.3 is 4.90 Å². The molecule has 0 unspecified atom stereocenters. The number of nitro benzene ring substituents is 1. The standard InChI is InChI=1S/C11H12Cl2N2O3/c1-3-14(4-2)11(16)7-5-8(12)10(13)9(6-7)15(17)18/h5-6H,3-4H2,1-2H3. The highest BCUT2D eigenvalue weighted by molar-refractivity contribution is 6.43. The summed E-state index contributed by atoms with van der Waals surface area (Å²) in [5.74, 6) is -0.304. The van der Waals surface area contributed by atoms with E-state index in [4.69, 9.17) is 23.2 Å². The Morgan fingerprint density at radius 3 is 2.33 bits per heavy atom. The first kappa shape index (κ1) is 14.7. The summed E-state index contributed by atoms with van der Waals surface area (Å²) >= 11 is 11.5. The fraction of sp³-hybridized carbons (Fsp3) is 0.364. The molecule has 0 aliphatic carbocycles. The normalized spacial score (nSPS) is 10.2. The molecule has 1 aromatic carbocycles. The highest BCUT2D eigenvalue weighted by Gasteiger charge is 2.21. The second-order valence-electron chi connectivity index (χ2n) is 3.53. The summed E-state index contributed by atoms with van der Waals surface area (Å²) in [6.45, 7) is 4.69. The number of benzene rings is 1. The number of nitrogens with zero attached hydrogens (tertiary/aromatic N) is 2. The van der Waals surface area contributed by atoms with Crippen LogP contribution in [0.15, 0.2) is 12.1 Å². The van der Waals surface area contributed by atoms with Crippen LogP contribution in [0.2, 0.25) is 10.0 Å². The number of hydrogen-bond acceptors (Lipinski definition) is 3. The van der Waals surface area contributed by atoms with E-state index >= 15 is 0 Å². The molecule has 5 nitrogen and oxygen atoms in total. The van der Waals surface area contributed by atoms with Gasteiger partial charge >= 0.3 is 0 Å². The van der Waals surface area contributed by atoms with Gasteiger partial charge in [-0.15, -0.1) is 0 Å². The first-order valence-electron chi connectivity index (χ1n) is 5.35. The minimum absolute atomic E-state index is 0.00127. The van der Waals surface area contributed by atoms with E-state index in [-0.39, 0.29) is 27.2 Å². The molecule has 0 aliphatic heterocycles. The summed E-state index contributed by atoms with van der Waals surface area (Å²) in [6.07, 6.45) is 0. The van der Waals surface area contributed by atoms with Crippen LogP contribution in [0.1, 0.15) is 24.2 Å². The molecule has 0 saturated heterocycles. The molecule has 0 aliphatic rings. The quantitative estimate of drug-likeness (QED) is 0.631. The van der Waals surface area contributed by atoms with Gasteiger partial charge in [-0.05, 0) is 19.9 Å². The Labute approximate surface area is 114 Å². The zero-order chi connectivity index (χ0) is 13.9. The van der Waals surface area contributed by atoms with Gasteiger partial charge in [0.1, 0.15) is 5.02 Å². The molecule has 1 rings (SSSR count). The lowest BCUT2D eigenvalue weighted by Crippen LogP contribution is -2.30. The van der Waals surface area contributed by atoms with E-state index in [2.05, 4.69) is 0 Å². The molecular formula is C11H12Cl2N2O3. The van der Waals surface area contributed by atoms with E-state index in [1.165, 1.54) is 6.07 Å². The Bertz CT molecular complexity index is 487. The molecule has 1 aromatic rings. The van der Waals surface area contributed by atoms with Crippen LogP contribution in [-0.4, -0.2) is 28.8 Å². The predicted octanol–water partition coefficient (Wildman–Crippen LogP) is 3.38. The zero-order valence-corrected chi connectivity index (χ0v) is 11.5. The Balaban J connectivity index is 3.26. The van der Waals surface area contributed by atoms with E-state index in [9.17, 15) is 14.9 Å². The molecule has 0 aromatic heterocycles. The van der Waals surface area contributed by atoms with Crippen molar-refractivity contribution in [3.05, 3.63) is 37.9 Å². The summed E-state index contributed by atoms with van der Waals surface area (Å²) in [5, 5.41) is 10.6. The van der Waals surface area contributed by atoms with Gasteiger partial charge in [-0.25, -0.2) is 0 Å². The minimum Gasteiger partial charge on any atom is -0.339 e. The molecule has 0 bridgehead atoms. The van der Waals surface area contributed by atoms with Gasteiger partial charge in [0.05, 0.1) is 9.95 Å². The van der Waals surface area contributed by atoms with E-state index < -0.39 is 4.92 Å². The van der Waals surface area contributed by atoms with Crippen LogP contribution in [0.3, 0.4) is 0 Å². The number of nitro groups is 1. The first-order valence-corrected chi connectivity index (χ1v) is 6.10. The average molecular weight is 291 g/mol. The lowest BCUT2D eigenvalue weighted by atomic mass is 10.1. The second kappa shape index (κ2) is 6.02. The molecule has 0 fully saturated rings. The van der Waals surface area contributed by atoms with Crippen molar-refractivity contribution in [3.8, 4) is 0 Å². The molecule has 0 N–H and O–H groups in total. The Kier molecular flexibility index (Phi) is 4.93. The third-order valence-electron chi connectivity index (χ3n) is 2.50. The summed E-state index contributed by atoms with van der Waals surface area (Å²) in [6, 6.07) is 2.49. The molecule has 7 heteroatoms. The molecule has 0 heterocycles. The van der Waals surface area contributed by atoms with Crippen LogP contribution >= 0.6 is 23.2 Å². The smallest absolute Gasteiger partial charge is 0.290 e. The van der Waals surface area contributed by atoms with Crippen LogP contribution in [0.25, 0.3) is 0 Å². The van der Waals surface area contributed by atoms with Crippen molar-refractivity contribution in [1.29, 1.82) is 0 Å². The number of rotatable bonds is 4. The molecule has 98 valence electrons. The van der Waals surface area contributed by atoms with Gasteiger partial charge in [-0.3, -0.25) is 14.9 Å². The largest absolute Gasteiger partial charge is 0.339 e. The predicted molar refractivity (Wildman–Crippen MR) is 70.4 cm³/mol. The summed E-state index contributed by atoms with van der Waals surface area (Å²) < 4.78 is 0. The SMILES string of the molecule is CCN(CC)C(=O)c1cc(Cl)c(Cl)c([N+](=O)[O-])c1. The number of amides is 1. The maximum absolute atomic E-state index is 12.0. The average Bonchev–Trinajstić information content (AvgIpc) is 2.33. The van der Waals surface area contributed by atoms with Crippen LogP contribution in [0, 0.1) is 10.1 Å². The molecule has 1 amide bonds. The van der Waals surface area contributed by atoms with Crippen molar-refractivity contribution >= 4 is 34.8 Å². The van der Waals surface area contributed by atoms with Gasteiger partial charge in [0, 0.05) is 24.7 Å². The van der Waals surface area contributed by atoms with Crippen molar-refractivity contribution in [1.82, 2.24) is 4.90 Å². The fourth-order valence-electron chi connectivity index (χ4n) is 1.52. The van der Waals surface area contributed by atoms with E-state index in [0.29, 0.717) is 13.1 Å². The third-order valence-corrected chi connectivity index (χ3v) is 3.30. The highest BCUT2D eigenvalue weighted by atomic mass is 35.5.